The Labute approximate surface area is 115 Å². The SMILES string of the molecule is Cn1ccnc1-c1oc2ccccc2c1OCC1CO1. The quantitative estimate of drug-likeness (QED) is 0.684. The predicted molar refractivity (Wildman–Crippen MR) is 73.7 cm³/mol. The molecule has 0 radical (unpaired) electrons. The fourth-order valence-electron chi connectivity index (χ4n) is 2.24. The van der Waals surface area contributed by atoms with E-state index in [2.05, 4.69) is 4.98 Å². The Morgan fingerprint density at radius 2 is 2.25 bits per heavy atom. The number of benzene rings is 1. The van der Waals surface area contributed by atoms with Gasteiger partial charge in [-0.3, -0.25) is 0 Å². The van der Waals surface area contributed by atoms with E-state index in [0.29, 0.717) is 12.4 Å². The van der Waals surface area contributed by atoms with Crippen molar-refractivity contribution in [3.05, 3.63) is 36.7 Å². The van der Waals surface area contributed by atoms with Crippen LogP contribution in [0, 0.1) is 0 Å². The first-order valence-corrected chi connectivity index (χ1v) is 6.56. The van der Waals surface area contributed by atoms with E-state index in [-0.39, 0.29) is 6.10 Å². The summed E-state index contributed by atoms with van der Waals surface area (Å²) in [4.78, 5) is 4.34. The Balaban J connectivity index is 1.85. The molecule has 3 heterocycles. The highest BCUT2D eigenvalue weighted by molar-refractivity contribution is 5.90. The van der Waals surface area contributed by atoms with Gasteiger partial charge >= 0.3 is 0 Å². The largest absolute Gasteiger partial charge is 0.486 e. The van der Waals surface area contributed by atoms with E-state index in [9.17, 15) is 0 Å². The van der Waals surface area contributed by atoms with Gasteiger partial charge in [0.05, 0.1) is 12.0 Å². The van der Waals surface area contributed by atoms with Gasteiger partial charge < -0.3 is 18.5 Å². The maximum absolute atomic E-state index is 5.93. The normalized spacial score (nSPS) is 17.6. The first-order valence-electron chi connectivity index (χ1n) is 6.56. The number of nitrogens with zero attached hydrogens (tertiary/aromatic N) is 2. The van der Waals surface area contributed by atoms with Crippen LogP contribution < -0.4 is 4.74 Å². The summed E-state index contributed by atoms with van der Waals surface area (Å²) in [6.07, 6.45) is 3.84. The van der Waals surface area contributed by atoms with Gasteiger partial charge in [0, 0.05) is 19.4 Å². The molecule has 3 aromatic rings. The Hall–Kier alpha value is -2.27. The highest BCUT2D eigenvalue weighted by atomic mass is 16.6. The molecule has 5 heteroatoms. The number of imidazole rings is 1. The van der Waals surface area contributed by atoms with Crippen LogP contribution in [-0.2, 0) is 11.8 Å². The first-order chi connectivity index (χ1) is 9.83. The lowest BCUT2D eigenvalue weighted by Gasteiger charge is -2.05. The molecule has 0 bridgehead atoms. The van der Waals surface area contributed by atoms with Crippen LogP contribution in [0.15, 0.2) is 41.1 Å². The lowest BCUT2D eigenvalue weighted by Crippen LogP contribution is -2.04. The average molecular weight is 270 g/mol. The van der Waals surface area contributed by atoms with E-state index in [1.54, 1.807) is 6.20 Å². The minimum Gasteiger partial charge on any atom is -0.486 e. The number of aryl methyl sites for hydroxylation is 1. The zero-order valence-electron chi connectivity index (χ0n) is 11.1. The van der Waals surface area contributed by atoms with Crippen molar-refractivity contribution in [2.75, 3.05) is 13.2 Å². The zero-order valence-corrected chi connectivity index (χ0v) is 11.1. The van der Waals surface area contributed by atoms with Crippen LogP contribution >= 0.6 is 0 Å². The third-order valence-corrected chi connectivity index (χ3v) is 3.39. The van der Waals surface area contributed by atoms with Crippen molar-refractivity contribution in [2.45, 2.75) is 6.10 Å². The molecule has 5 nitrogen and oxygen atoms in total. The van der Waals surface area contributed by atoms with Crippen molar-refractivity contribution >= 4 is 11.0 Å². The number of hydrogen-bond acceptors (Lipinski definition) is 4. The van der Waals surface area contributed by atoms with Crippen LogP contribution in [0.1, 0.15) is 0 Å². The molecule has 102 valence electrons. The van der Waals surface area contributed by atoms with Crippen LogP contribution in [0.3, 0.4) is 0 Å². The summed E-state index contributed by atoms with van der Waals surface area (Å²) in [5, 5.41) is 0.964. The molecule has 0 N–H and O–H groups in total. The Kier molecular flexibility index (Phi) is 2.53. The third-order valence-electron chi connectivity index (χ3n) is 3.39. The molecule has 20 heavy (non-hydrogen) atoms. The Bertz CT molecular complexity index is 755. The average Bonchev–Trinajstić information content (AvgIpc) is 3.08. The maximum atomic E-state index is 5.93. The van der Waals surface area contributed by atoms with Crippen molar-refractivity contribution in [3.8, 4) is 17.3 Å². The molecule has 0 spiro atoms. The van der Waals surface area contributed by atoms with E-state index in [4.69, 9.17) is 13.9 Å². The van der Waals surface area contributed by atoms with Crippen LogP contribution in [-0.4, -0.2) is 28.9 Å². The topological polar surface area (TPSA) is 52.7 Å². The molecular weight excluding hydrogens is 256 g/mol. The van der Waals surface area contributed by atoms with Crippen molar-refractivity contribution in [1.82, 2.24) is 9.55 Å². The van der Waals surface area contributed by atoms with Crippen molar-refractivity contribution in [3.63, 3.8) is 0 Å². The van der Waals surface area contributed by atoms with E-state index < -0.39 is 0 Å². The number of rotatable bonds is 4. The monoisotopic (exact) mass is 270 g/mol. The number of fused-ring (bicyclic) bond motifs is 1. The standard InChI is InChI=1S/C15H14N2O3/c1-17-7-6-16-15(17)14-13(19-9-10-8-18-10)11-4-2-3-5-12(11)20-14/h2-7,10H,8-9H2,1H3. The summed E-state index contributed by atoms with van der Waals surface area (Å²) in [7, 11) is 1.93. The summed E-state index contributed by atoms with van der Waals surface area (Å²) >= 11 is 0. The molecule has 0 amide bonds. The molecule has 1 saturated heterocycles. The number of para-hydroxylation sites is 1. The number of aromatic nitrogens is 2. The van der Waals surface area contributed by atoms with Gasteiger partial charge in [0.2, 0.25) is 5.76 Å². The molecule has 1 aliphatic rings. The molecule has 1 aromatic carbocycles. The smallest absolute Gasteiger partial charge is 0.212 e. The van der Waals surface area contributed by atoms with Crippen LogP contribution in [0.5, 0.6) is 5.75 Å². The zero-order chi connectivity index (χ0) is 13.5. The third kappa shape index (κ3) is 1.87. The van der Waals surface area contributed by atoms with Gasteiger partial charge in [0.25, 0.3) is 0 Å². The molecule has 1 unspecified atom stereocenters. The molecule has 1 fully saturated rings. The van der Waals surface area contributed by atoms with Crippen LogP contribution in [0.4, 0.5) is 0 Å². The summed E-state index contributed by atoms with van der Waals surface area (Å²) in [5.74, 6) is 2.16. The van der Waals surface area contributed by atoms with E-state index in [0.717, 1.165) is 29.2 Å². The predicted octanol–water partition coefficient (Wildman–Crippen LogP) is 2.61. The van der Waals surface area contributed by atoms with E-state index in [1.165, 1.54) is 0 Å². The van der Waals surface area contributed by atoms with Crippen molar-refractivity contribution < 1.29 is 13.9 Å². The Morgan fingerprint density at radius 3 is 3.00 bits per heavy atom. The second-order valence-corrected chi connectivity index (χ2v) is 4.88. The molecule has 4 rings (SSSR count). The first kappa shape index (κ1) is 11.5. The minimum atomic E-state index is 0.206. The van der Waals surface area contributed by atoms with Crippen LogP contribution in [0.2, 0.25) is 0 Å². The second-order valence-electron chi connectivity index (χ2n) is 4.88. The van der Waals surface area contributed by atoms with Gasteiger partial charge in [-0.2, -0.15) is 0 Å². The number of furan rings is 1. The fraction of sp³-hybridized carbons (Fsp3) is 0.267. The lowest BCUT2D eigenvalue weighted by atomic mass is 10.2. The molecular formula is C15H14N2O3. The summed E-state index contributed by atoms with van der Waals surface area (Å²) in [6.45, 7) is 1.31. The van der Waals surface area contributed by atoms with Gasteiger partial charge in [-0.15, -0.1) is 0 Å². The second kappa shape index (κ2) is 4.38. The van der Waals surface area contributed by atoms with Gasteiger partial charge in [-0.05, 0) is 12.1 Å². The lowest BCUT2D eigenvalue weighted by molar-refractivity contribution is 0.264. The number of ether oxygens (including phenoxy) is 2. The summed E-state index contributed by atoms with van der Waals surface area (Å²) in [6, 6.07) is 7.85. The van der Waals surface area contributed by atoms with Crippen molar-refractivity contribution in [2.24, 2.45) is 7.05 Å². The minimum absolute atomic E-state index is 0.206. The van der Waals surface area contributed by atoms with Gasteiger partial charge in [0.15, 0.2) is 11.6 Å². The molecule has 0 saturated carbocycles. The number of hydrogen-bond donors (Lipinski definition) is 0. The molecule has 1 aliphatic heterocycles. The summed E-state index contributed by atoms with van der Waals surface area (Å²) in [5.41, 5.74) is 0.803. The molecule has 0 aliphatic carbocycles. The fourth-order valence-corrected chi connectivity index (χ4v) is 2.24. The van der Waals surface area contributed by atoms with Gasteiger partial charge in [-0.25, -0.2) is 4.98 Å². The molecule has 1 atom stereocenters. The van der Waals surface area contributed by atoms with E-state index >= 15 is 0 Å². The molecule has 2 aromatic heterocycles. The highest BCUT2D eigenvalue weighted by Gasteiger charge is 2.26. The highest BCUT2D eigenvalue weighted by Crippen LogP contribution is 2.39. The van der Waals surface area contributed by atoms with E-state index in [1.807, 2.05) is 42.1 Å². The van der Waals surface area contributed by atoms with Gasteiger partial charge in [0.1, 0.15) is 18.3 Å². The number of epoxide rings is 1. The van der Waals surface area contributed by atoms with Gasteiger partial charge in [-0.1, -0.05) is 12.1 Å². The van der Waals surface area contributed by atoms with Crippen LogP contribution in [0.25, 0.3) is 22.6 Å². The Morgan fingerprint density at radius 1 is 1.40 bits per heavy atom. The van der Waals surface area contributed by atoms with Crippen molar-refractivity contribution in [1.29, 1.82) is 0 Å². The maximum Gasteiger partial charge on any atom is 0.212 e. The summed E-state index contributed by atoms with van der Waals surface area (Å²) < 4.78 is 19.0.